The molecule has 6 heterocycles. The van der Waals surface area contributed by atoms with Gasteiger partial charge in [0.1, 0.15) is 114 Å². The molecule has 5 fully saturated rings. The number of amides is 8. The first-order valence-electron chi connectivity index (χ1n) is 37.8. The molecule has 4 aliphatic carbocycles. The van der Waals surface area contributed by atoms with E-state index in [4.69, 9.17) is 41.0 Å². The number of phenolic OH excluding ortho intramolecular Hbond substituents is 3. The number of likely N-dealkylation sites (N-methyl/N-ethyl adjacent to an activating group) is 2. The standard InChI is InChI=1S/C79H92ClN11O23S/c1-33(2)18-49(83-5)72(101)89-64-66(96)38-7-14-53(34(3)19-38)111-55-27-42-28-56(71(55)114-79-70(100)69(99)68(98)57(32-81)113-79)112-54-15-8-39(26-48(54)80)67(97)65-78(107)88-63(76(105)85-60-40-21-35-20-36(23-40)24-41(60)22-35)47-29-43(92)30-52(94)59(47)46-25-37(6-13-51(46)93)61(74(103)90-65)87-75(104)62(42)86-73(102)50(84-77(64)106)31-58(95)91-115(108,109)45-11-9-44(10-12-45)110-17-16-82-4/h6-15,19,25-30,33,35-36,40-41,49-50,57,60-70,79,82-83,92-94,96-100H,16-18,20-24,31-32,81H2,1-5H3,(H,84,106)(H,85,105)(H,86,102)(H,87,104)(H,88,107)(H,89,101)(H,90,103)(H,91,95)/t35?,36?,40?,41?,49-,50+,57-,60?,61-,62-,63+,64-,65+,66-,67-,68-,69+,70-,79+/m1/s1. The van der Waals surface area contributed by atoms with E-state index in [9.17, 15) is 58.9 Å². The van der Waals surface area contributed by atoms with Gasteiger partial charge in [-0.05, 0) is 201 Å². The molecule has 34 nitrogen and oxygen atoms in total. The maximum Gasteiger partial charge on any atom is 0.264 e. The van der Waals surface area contributed by atoms with E-state index in [1.807, 2.05) is 18.6 Å². The summed E-state index contributed by atoms with van der Waals surface area (Å²) in [5.74, 6) is -13.1. The number of halogens is 1. The molecule has 10 aliphatic rings. The van der Waals surface area contributed by atoms with Crippen molar-refractivity contribution >= 4 is 68.9 Å². The van der Waals surface area contributed by atoms with Gasteiger partial charge in [0.25, 0.3) is 10.0 Å². The van der Waals surface area contributed by atoms with Crippen molar-refractivity contribution in [2.24, 2.45) is 35.3 Å². The van der Waals surface area contributed by atoms with Gasteiger partial charge in [0, 0.05) is 36.3 Å². The number of hydrogen-bond acceptors (Lipinski definition) is 26. The number of benzene rings is 6. The minimum atomic E-state index is -4.88. The first kappa shape index (κ1) is 82.5. The summed E-state index contributed by atoms with van der Waals surface area (Å²) in [5.41, 5.74) is 4.07. The first-order valence-corrected chi connectivity index (χ1v) is 39.6. The lowest BCUT2D eigenvalue weighted by atomic mass is 9.54. The molecule has 0 spiro atoms. The Labute approximate surface area is 664 Å². The molecule has 0 radical (unpaired) electrons. The highest BCUT2D eigenvalue weighted by molar-refractivity contribution is 7.90. The molecule has 6 aliphatic heterocycles. The van der Waals surface area contributed by atoms with Crippen LogP contribution >= 0.6 is 11.6 Å². The van der Waals surface area contributed by atoms with Crippen molar-refractivity contribution in [3.63, 3.8) is 0 Å². The highest BCUT2D eigenvalue weighted by Crippen LogP contribution is 2.55. The fourth-order valence-corrected chi connectivity index (χ4v) is 17.8. The van der Waals surface area contributed by atoms with E-state index in [1.165, 1.54) is 56.4 Å². The SMILES string of the molecule is CNCCOc1ccc(S(=O)(=O)NC(=O)C[C@@H]2NC(=O)[C@H](NC(=O)[C@@H](CC(C)C)NC)[C@H](O)c3ccc(c(C)c3)Oc3cc4cc(c3O[C@@H]3O[C@H](CN)[C@@H](O)[C@H](O)[C@H]3O)Oc3ccc(cc3Cl)[C@@H](O)[C@@H]3NC(=O)[C@H](NC(=O)[C@@H]4NC2=O)c2ccc(O)c(c2)-c2c(O)cc(O)cc2[C@@H](C(=O)NC2C4CC5CC(C4)CC2C5)NC3=O)cc1. The summed E-state index contributed by atoms with van der Waals surface area (Å²) in [4.78, 5) is 123. The molecule has 4 saturated carbocycles. The summed E-state index contributed by atoms with van der Waals surface area (Å²) in [6, 6.07) is 5.20. The smallest absolute Gasteiger partial charge is 0.264 e. The van der Waals surface area contributed by atoms with Crippen LogP contribution in [0.2, 0.25) is 5.02 Å². The Kier molecular flexibility index (Phi) is 24.5. The lowest BCUT2D eigenvalue weighted by molar-refractivity contribution is -0.270. The Balaban J connectivity index is 1.000. The summed E-state index contributed by atoms with van der Waals surface area (Å²) < 4.78 is 61.7. The van der Waals surface area contributed by atoms with Crippen LogP contribution in [0.25, 0.3) is 11.1 Å². The third kappa shape index (κ3) is 17.6. The monoisotopic (exact) mass is 1630 g/mol. The van der Waals surface area contributed by atoms with Crippen LogP contribution in [0.15, 0.2) is 108 Å². The van der Waals surface area contributed by atoms with Crippen LogP contribution in [0, 0.1) is 36.5 Å². The van der Waals surface area contributed by atoms with Crippen LogP contribution in [0.1, 0.15) is 123 Å². The van der Waals surface area contributed by atoms with Crippen molar-refractivity contribution in [3.05, 3.63) is 142 Å². The third-order valence-electron chi connectivity index (χ3n) is 22.2. The van der Waals surface area contributed by atoms with Gasteiger partial charge >= 0.3 is 0 Å². The predicted octanol–water partition coefficient (Wildman–Crippen LogP) is 1.96. The largest absolute Gasteiger partial charge is 0.508 e. The number of phenols is 3. The Morgan fingerprint density at radius 3 is 1.93 bits per heavy atom. The minimum absolute atomic E-state index is 0.0657. The Morgan fingerprint density at radius 1 is 0.652 bits per heavy atom. The van der Waals surface area contributed by atoms with Gasteiger partial charge < -0.3 is 118 Å². The molecule has 1 saturated heterocycles. The highest BCUT2D eigenvalue weighted by atomic mass is 35.5. The second-order valence-electron chi connectivity index (χ2n) is 30.7. The third-order valence-corrected chi connectivity index (χ3v) is 23.9. The van der Waals surface area contributed by atoms with Gasteiger partial charge in [0.15, 0.2) is 11.5 Å². The van der Waals surface area contributed by atoms with Crippen LogP contribution in [0.4, 0.5) is 0 Å². The van der Waals surface area contributed by atoms with Crippen molar-refractivity contribution < 1.29 is 111 Å². The number of aromatic hydroxyl groups is 3. The minimum Gasteiger partial charge on any atom is -0.508 e. The van der Waals surface area contributed by atoms with E-state index in [2.05, 4.69) is 47.9 Å². The Hall–Kier alpha value is -10.4. The Bertz CT molecular complexity index is 4860. The average molecular weight is 1630 g/mol. The van der Waals surface area contributed by atoms with Crippen LogP contribution in [0.3, 0.4) is 0 Å². The molecule has 115 heavy (non-hydrogen) atoms. The van der Waals surface area contributed by atoms with Gasteiger partial charge in [-0.3, -0.25) is 38.4 Å². The molecule has 8 amide bonds. The van der Waals surface area contributed by atoms with E-state index in [-0.39, 0.29) is 98.0 Å². The zero-order valence-corrected chi connectivity index (χ0v) is 64.6. The number of nitrogens with one attached hydrogen (secondary N) is 10. The number of nitrogens with two attached hydrogens (primary N) is 1. The summed E-state index contributed by atoms with van der Waals surface area (Å²) >= 11 is 7.18. The zero-order valence-electron chi connectivity index (χ0n) is 63.0. The van der Waals surface area contributed by atoms with E-state index >= 15 is 28.8 Å². The summed E-state index contributed by atoms with van der Waals surface area (Å²) in [6.07, 6.45) is -10.3. The number of sulfonamides is 1. The molecule has 0 unspecified atom stereocenters. The van der Waals surface area contributed by atoms with Gasteiger partial charge in [0.05, 0.1) is 22.4 Å². The molecular formula is C79H92ClN11O23S. The summed E-state index contributed by atoms with van der Waals surface area (Å²) in [7, 11) is -1.71. The number of ether oxygens (including phenoxy) is 5. The molecule has 614 valence electrons. The maximum atomic E-state index is 16.4. The van der Waals surface area contributed by atoms with Gasteiger partial charge in [-0.25, -0.2) is 13.1 Å². The Morgan fingerprint density at radius 2 is 1.29 bits per heavy atom. The van der Waals surface area contributed by atoms with Crippen molar-refractivity contribution in [2.75, 3.05) is 33.8 Å². The van der Waals surface area contributed by atoms with Gasteiger partial charge in [-0.2, -0.15) is 0 Å². The van der Waals surface area contributed by atoms with Gasteiger partial charge in [0.2, 0.25) is 59.3 Å². The number of aliphatic hydroxyl groups excluding tert-OH is 5. The predicted molar refractivity (Wildman–Crippen MR) is 408 cm³/mol. The average Bonchev–Trinajstić information content (AvgIpc) is 0.924. The van der Waals surface area contributed by atoms with Crippen molar-refractivity contribution in [1.29, 1.82) is 0 Å². The second-order valence-corrected chi connectivity index (χ2v) is 32.8. The van der Waals surface area contributed by atoms with Crippen LogP contribution in [0.5, 0.6) is 51.7 Å². The molecule has 14 atom stereocenters. The number of fused-ring (bicyclic) bond motifs is 15. The van der Waals surface area contributed by atoms with E-state index in [0.29, 0.717) is 18.4 Å². The summed E-state index contributed by atoms with van der Waals surface area (Å²) in [5, 5.41) is 119. The zero-order chi connectivity index (χ0) is 82.3. The molecule has 20 N–H and O–H groups in total. The maximum absolute atomic E-state index is 16.4. The van der Waals surface area contributed by atoms with Crippen molar-refractivity contribution in [2.45, 2.75) is 162 Å². The highest BCUT2D eigenvalue weighted by Gasteiger charge is 2.51. The second kappa shape index (κ2) is 34.2. The number of aryl methyl sites for hydroxylation is 1. The lowest BCUT2D eigenvalue weighted by Crippen LogP contribution is -2.60. The molecule has 36 heteroatoms. The lowest BCUT2D eigenvalue weighted by Gasteiger charge is -2.54. The summed E-state index contributed by atoms with van der Waals surface area (Å²) in [6.45, 7) is 5.30. The van der Waals surface area contributed by atoms with Crippen molar-refractivity contribution in [1.82, 2.24) is 52.6 Å². The number of carbonyl (C=O) groups is 8. The number of hydrogen-bond donors (Lipinski definition) is 19. The number of carbonyl (C=O) groups excluding carboxylic acids is 8. The number of rotatable bonds is 18. The molecule has 6 aromatic carbocycles. The van der Waals surface area contributed by atoms with Crippen molar-refractivity contribution in [3.8, 4) is 62.9 Å². The van der Waals surface area contributed by atoms with Crippen LogP contribution < -0.4 is 77.3 Å². The first-order chi connectivity index (χ1) is 54.8. The fourth-order valence-electron chi connectivity index (χ4n) is 16.6. The van der Waals surface area contributed by atoms with E-state index in [1.54, 1.807) is 7.05 Å². The quantitative estimate of drug-likeness (QED) is 0.0547. The van der Waals surface area contributed by atoms with Crippen LogP contribution in [-0.2, 0) is 53.1 Å². The normalized spacial score (nSPS) is 28.1. The van der Waals surface area contributed by atoms with E-state index in [0.717, 1.165) is 92.8 Å². The molecular weight excluding hydrogens is 1540 g/mol. The van der Waals surface area contributed by atoms with Gasteiger partial charge in [-0.15, -0.1) is 0 Å². The van der Waals surface area contributed by atoms with Crippen LogP contribution in [-0.4, -0.2) is 191 Å². The topological polar surface area (TPSA) is 525 Å². The fraction of sp³-hybridized carbons (Fsp3) is 0.443. The van der Waals surface area contributed by atoms with E-state index < -0.39 is 200 Å². The molecule has 0 aromatic heterocycles. The molecule has 15 bridgehead atoms. The molecule has 16 rings (SSSR count). The number of aliphatic hydroxyl groups is 5. The molecule has 6 aromatic rings. The van der Waals surface area contributed by atoms with Gasteiger partial charge in [-0.1, -0.05) is 43.6 Å².